The van der Waals surface area contributed by atoms with Crippen LogP contribution in [-0.4, -0.2) is 28.8 Å². The molecular formula is C10H14FN3O3. The predicted molar refractivity (Wildman–Crippen MR) is 58.2 cm³/mol. The van der Waals surface area contributed by atoms with Crippen molar-refractivity contribution in [3.8, 4) is 5.88 Å². The molecule has 1 amide bonds. The summed E-state index contributed by atoms with van der Waals surface area (Å²) in [5.41, 5.74) is 5.86. The first-order valence-electron chi connectivity index (χ1n) is 5.01. The van der Waals surface area contributed by atoms with Gasteiger partial charge in [0.05, 0.1) is 12.7 Å². The Labute approximate surface area is 97.6 Å². The monoisotopic (exact) mass is 243 g/mol. The fourth-order valence-electron chi connectivity index (χ4n) is 1.18. The summed E-state index contributed by atoms with van der Waals surface area (Å²) in [5, 5.41) is 10.6. The molecule has 0 aliphatic heterocycles. The third-order valence-corrected chi connectivity index (χ3v) is 1.97. The first kappa shape index (κ1) is 13.2. The molecule has 0 spiro atoms. The maximum atomic E-state index is 12.9. The fraction of sp³-hybridized carbons (Fsp3) is 0.400. The molecule has 7 heteroatoms. The normalized spacial score (nSPS) is 11.9. The number of nitrogens with one attached hydrogen (secondary N) is 1. The molecule has 0 fully saturated rings. The average Bonchev–Trinajstić information content (AvgIpc) is 2.28. The maximum Gasteiger partial charge on any atom is 0.404 e. The minimum Gasteiger partial charge on any atom is -0.473 e. The lowest BCUT2D eigenvalue weighted by Crippen LogP contribution is -2.32. The molecule has 0 aliphatic carbocycles. The van der Waals surface area contributed by atoms with Gasteiger partial charge in [0.15, 0.2) is 0 Å². The van der Waals surface area contributed by atoms with Gasteiger partial charge in [0.2, 0.25) is 5.88 Å². The Kier molecular flexibility index (Phi) is 4.65. The van der Waals surface area contributed by atoms with Crippen LogP contribution in [0.15, 0.2) is 12.3 Å². The molecule has 0 saturated heterocycles. The third-order valence-electron chi connectivity index (χ3n) is 1.97. The summed E-state index contributed by atoms with van der Waals surface area (Å²) in [7, 11) is 0. The van der Waals surface area contributed by atoms with Gasteiger partial charge in [-0.1, -0.05) is 0 Å². The number of hydrogen-bond donors (Lipinski definition) is 3. The van der Waals surface area contributed by atoms with Crippen molar-refractivity contribution in [3.63, 3.8) is 0 Å². The Morgan fingerprint density at radius 3 is 3.06 bits per heavy atom. The van der Waals surface area contributed by atoms with Gasteiger partial charge in [0, 0.05) is 12.1 Å². The molecule has 1 atom stereocenters. The SMILES string of the molecule is C[C@@H](CNC(=O)O)Oc1ncc(F)cc1CN. The molecular weight excluding hydrogens is 229 g/mol. The summed E-state index contributed by atoms with van der Waals surface area (Å²) in [4.78, 5) is 14.0. The Hall–Kier alpha value is -1.89. The van der Waals surface area contributed by atoms with Gasteiger partial charge in [-0.15, -0.1) is 0 Å². The van der Waals surface area contributed by atoms with Gasteiger partial charge >= 0.3 is 6.09 Å². The molecule has 1 rings (SSSR count). The molecule has 0 bridgehead atoms. The Morgan fingerprint density at radius 1 is 1.76 bits per heavy atom. The van der Waals surface area contributed by atoms with Crippen LogP contribution < -0.4 is 15.8 Å². The van der Waals surface area contributed by atoms with Gasteiger partial charge < -0.3 is 20.9 Å². The molecule has 94 valence electrons. The van der Waals surface area contributed by atoms with E-state index < -0.39 is 18.0 Å². The number of halogens is 1. The lowest BCUT2D eigenvalue weighted by Gasteiger charge is -2.15. The van der Waals surface area contributed by atoms with E-state index in [0.29, 0.717) is 5.56 Å². The first-order chi connectivity index (χ1) is 8.02. The Bertz CT molecular complexity index is 400. The van der Waals surface area contributed by atoms with Crippen LogP contribution >= 0.6 is 0 Å². The van der Waals surface area contributed by atoms with Gasteiger partial charge in [0.25, 0.3) is 0 Å². The highest BCUT2D eigenvalue weighted by Crippen LogP contribution is 2.16. The molecule has 0 aliphatic rings. The van der Waals surface area contributed by atoms with E-state index in [1.165, 1.54) is 6.07 Å². The van der Waals surface area contributed by atoms with Crippen molar-refractivity contribution in [2.45, 2.75) is 19.6 Å². The van der Waals surface area contributed by atoms with Crippen molar-refractivity contribution in [1.29, 1.82) is 0 Å². The van der Waals surface area contributed by atoms with Crippen LogP contribution in [0, 0.1) is 5.82 Å². The number of carbonyl (C=O) groups is 1. The minimum atomic E-state index is -1.13. The average molecular weight is 243 g/mol. The van der Waals surface area contributed by atoms with Crippen molar-refractivity contribution in [2.75, 3.05) is 6.54 Å². The summed E-state index contributed by atoms with van der Waals surface area (Å²) in [5.74, 6) is -0.275. The van der Waals surface area contributed by atoms with Crippen LogP contribution in [0.25, 0.3) is 0 Å². The van der Waals surface area contributed by atoms with Gasteiger partial charge in [0.1, 0.15) is 11.9 Å². The van der Waals surface area contributed by atoms with Gasteiger partial charge in [-0.05, 0) is 13.0 Å². The number of ether oxygens (including phenoxy) is 1. The quantitative estimate of drug-likeness (QED) is 0.707. The number of hydrogen-bond acceptors (Lipinski definition) is 4. The molecule has 0 aromatic carbocycles. The third kappa shape index (κ3) is 4.23. The molecule has 6 nitrogen and oxygen atoms in total. The summed E-state index contributed by atoms with van der Waals surface area (Å²) < 4.78 is 18.2. The second kappa shape index (κ2) is 6.00. The summed E-state index contributed by atoms with van der Waals surface area (Å²) in [6.07, 6.45) is -0.535. The Morgan fingerprint density at radius 2 is 2.47 bits per heavy atom. The highest BCUT2D eigenvalue weighted by Gasteiger charge is 2.11. The Balaban J connectivity index is 2.64. The lowest BCUT2D eigenvalue weighted by molar-refractivity contribution is 0.175. The number of nitrogens with two attached hydrogens (primary N) is 1. The van der Waals surface area contributed by atoms with Crippen LogP contribution in [0.2, 0.25) is 0 Å². The number of nitrogens with zero attached hydrogens (tertiary/aromatic N) is 1. The highest BCUT2D eigenvalue weighted by atomic mass is 19.1. The number of amides is 1. The smallest absolute Gasteiger partial charge is 0.404 e. The first-order valence-corrected chi connectivity index (χ1v) is 5.01. The van der Waals surface area contributed by atoms with Crippen molar-refractivity contribution in [1.82, 2.24) is 10.3 Å². The molecule has 0 radical (unpaired) electrons. The van der Waals surface area contributed by atoms with E-state index in [9.17, 15) is 9.18 Å². The number of rotatable bonds is 5. The zero-order valence-corrected chi connectivity index (χ0v) is 9.31. The van der Waals surface area contributed by atoms with Gasteiger partial charge in [-0.3, -0.25) is 0 Å². The number of aromatic nitrogens is 1. The standard InChI is InChI=1S/C10H14FN3O3/c1-6(4-14-10(15)16)17-9-7(3-12)2-8(11)5-13-9/h2,5-6,14H,3-4,12H2,1H3,(H,15,16)/t6-/m0/s1. The highest BCUT2D eigenvalue weighted by molar-refractivity contribution is 5.64. The van der Waals surface area contributed by atoms with Crippen LogP contribution in [0.1, 0.15) is 12.5 Å². The van der Waals surface area contributed by atoms with E-state index >= 15 is 0 Å². The van der Waals surface area contributed by atoms with Crippen LogP contribution in [0.4, 0.5) is 9.18 Å². The largest absolute Gasteiger partial charge is 0.473 e. The number of pyridine rings is 1. The van der Waals surface area contributed by atoms with Gasteiger partial charge in [-0.2, -0.15) is 0 Å². The van der Waals surface area contributed by atoms with E-state index in [1.54, 1.807) is 6.92 Å². The molecule has 0 saturated carbocycles. The summed E-state index contributed by atoms with van der Waals surface area (Å²) >= 11 is 0. The van der Waals surface area contributed by atoms with E-state index in [0.717, 1.165) is 6.20 Å². The predicted octanol–water partition coefficient (Wildman–Crippen LogP) is 0.714. The van der Waals surface area contributed by atoms with E-state index in [-0.39, 0.29) is 19.0 Å². The van der Waals surface area contributed by atoms with Crippen molar-refractivity contribution in [3.05, 3.63) is 23.6 Å². The molecule has 0 unspecified atom stereocenters. The van der Waals surface area contributed by atoms with E-state index in [4.69, 9.17) is 15.6 Å². The van der Waals surface area contributed by atoms with E-state index in [1.807, 2.05) is 0 Å². The zero-order valence-electron chi connectivity index (χ0n) is 9.31. The second-order valence-corrected chi connectivity index (χ2v) is 3.44. The molecule has 17 heavy (non-hydrogen) atoms. The zero-order chi connectivity index (χ0) is 12.8. The minimum absolute atomic E-state index is 0.0964. The lowest BCUT2D eigenvalue weighted by atomic mass is 10.2. The molecule has 1 heterocycles. The molecule has 4 N–H and O–H groups in total. The fourth-order valence-corrected chi connectivity index (χ4v) is 1.18. The maximum absolute atomic E-state index is 12.9. The topological polar surface area (TPSA) is 97.5 Å². The molecule has 1 aromatic heterocycles. The summed E-state index contributed by atoms with van der Waals surface area (Å²) in [6.45, 7) is 1.87. The van der Waals surface area contributed by atoms with Crippen molar-refractivity contribution in [2.24, 2.45) is 5.73 Å². The summed E-state index contributed by atoms with van der Waals surface area (Å²) in [6, 6.07) is 1.24. The molecule has 1 aromatic rings. The van der Waals surface area contributed by atoms with Crippen molar-refractivity contribution >= 4 is 6.09 Å². The van der Waals surface area contributed by atoms with Crippen molar-refractivity contribution < 1.29 is 19.0 Å². The van der Waals surface area contributed by atoms with Crippen LogP contribution in [0.5, 0.6) is 5.88 Å². The van der Waals surface area contributed by atoms with Gasteiger partial charge in [-0.25, -0.2) is 14.2 Å². The van der Waals surface area contributed by atoms with Crippen LogP contribution in [0.3, 0.4) is 0 Å². The second-order valence-electron chi connectivity index (χ2n) is 3.44. The number of carboxylic acid groups (broad SMARTS) is 1. The van der Waals surface area contributed by atoms with E-state index in [2.05, 4.69) is 10.3 Å². The van der Waals surface area contributed by atoms with Crippen LogP contribution in [-0.2, 0) is 6.54 Å².